The van der Waals surface area contributed by atoms with Crippen LogP contribution in [0.2, 0.25) is 0 Å². The number of rotatable bonds is 6. The number of benzene rings is 1. The van der Waals surface area contributed by atoms with Crippen LogP contribution in [0.15, 0.2) is 12.1 Å². The molecule has 1 aromatic carbocycles. The van der Waals surface area contributed by atoms with Crippen molar-refractivity contribution in [2.45, 2.75) is 52.6 Å². The molecule has 1 heterocycles. The van der Waals surface area contributed by atoms with E-state index < -0.39 is 0 Å². The van der Waals surface area contributed by atoms with Crippen LogP contribution in [0.3, 0.4) is 0 Å². The van der Waals surface area contributed by atoms with E-state index in [2.05, 4.69) is 44.7 Å². The van der Waals surface area contributed by atoms with Crippen LogP contribution in [0.25, 0.3) is 0 Å². The molecular formula is C20H31NO4. The second kappa shape index (κ2) is 8.30. The first-order valence-corrected chi connectivity index (χ1v) is 8.94. The predicted molar refractivity (Wildman–Crippen MR) is 98.2 cm³/mol. The number of ketones is 1. The molecule has 1 aliphatic rings. The number of aryl methyl sites for hydroxylation is 1. The molecule has 5 heteroatoms. The summed E-state index contributed by atoms with van der Waals surface area (Å²) in [7, 11) is 0. The third-order valence-electron chi connectivity index (χ3n) is 4.65. The Morgan fingerprint density at radius 2 is 2.12 bits per heavy atom. The fraction of sp³-hybridized carbons (Fsp3) is 0.650. The largest absolute Gasteiger partial charge is 0.491 e. The molecule has 1 N–H and O–H groups in total. The topological polar surface area (TPSA) is 59.0 Å². The van der Waals surface area contributed by atoms with Crippen molar-refractivity contribution >= 4 is 5.78 Å². The molecule has 1 saturated heterocycles. The molecule has 5 nitrogen and oxygen atoms in total. The van der Waals surface area contributed by atoms with Gasteiger partial charge < -0.3 is 14.6 Å². The van der Waals surface area contributed by atoms with Crippen LogP contribution < -0.4 is 4.74 Å². The van der Waals surface area contributed by atoms with Crippen LogP contribution in [-0.4, -0.2) is 54.8 Å². The van der Waals surface area contributed by atoms with Crippen LogP contribution in [0.4, 0.5) is 0 Å². The molecule has 0 radical (unpaired) electrons. The number of ether oxygens (including phenoxy) is 2. The van der Waals surface area contributed by atoms with Gasteiger partial charge in [0, 0.05) is 18.7 Å². The van der Waals surface area contributed by atoms with E-state index in [-0.39, 0.29) is 30.5 Å². The minimum atomic E-state index is -0.209. The maximum absolute atomic E-state index is 12.0. The normalized spacial score (nSPS) is 19.0. The lowest BCUT2D eigenvalue weighted by atomic mass is 9.83. The second-order valence-corrected chi connectivity index (χ2v) is 7.77. The molecule has 0 amide bonds. The minimum Gasteiger partial charge on any atom is -0.491 e. The highest BCUT2D eigenvalue weighted by Gasteiger charge is 2.28. The number of nitrogens with zero attached hydrogens (tertiary/aromatic N) is 1. The molecule has 25 heavy (non-hydrogen) atoms. The van der Waals surface area contributed by atoms with Gasteiger partial charge in [0.05, 0.1) is 25.9 Å². The number of carbonyl (C=O) groups excluding carboxylic acids is 1. The quantitative estimate of drug-likeness (QED) is 0.855. The zero-order valence-corrected chi connectivity index (χ0v) is 16.1. The maximum atomic E-state index is 12.0. The van der Waals surface area contributed by atoms with E-state index in [0.717, 1.165) is 17.9 Å². The monoisotopic (exact) mass is 349 g/mol. The molecule has 1 fully saturated rings. The van der Waals surface area contributed by atoms with Gasteiger partial charge in [0.15, 0.2) is 0 Å². The highest BCUT2D eigenvalue weighted by atomic mass is 16.5. The zero-order chi connectivity index (χ0) is 18.6. The summed E-state index contributed by atoms with van der Waals surface area (Å²) in [5.41, 5.74) is 3.53. The predicted octanol–water partition coefficient (Wildman–Crippen LogP) is 2.45. The number of hydrogen-bond acceptors (Lipinski definition) is 5. The van der Waals surface area contributed by atoms with Gasteiger partial charge in [-0.3, -0.25) is 9.69 Å². The first-order chi connectivity index (χ1) is 11.7. The first-order valence-electron chi connectivity index (χ1n) is 8.94. The Bertz CT molecular complexity index is 606. The van der Waals surface area contributed by atoms with Gasteiger partial charge in [-0.1, -0.05) is 26.8 Å². The van der Waals surface area contributed by atoms with Crippen molar-refractivity contribution in [3.8, 4) is 5.75 Å². The van der Waals surface area contributed by atoms with Gasteiger partial charge in [-0.15, -0.1) is 0 Å². The lowest BCUT2D eigenvalue weighted by molar-refractivity contribution is -0.128. The number of aliphatic hydroxyl groups is 1. The molecule has 1 atom stereocenters. The summed E-state index contributed by atoms with van der Waals surface area (Å²) in [6.07, 6.45) is 0. The van der Waals surface area contributed by atoms with E-state index >= 15 is 0 Å². The summed E-state index contributed by atoms with van der Waals surface area (Å²) < 4.78 is 11.3. The molecular weight excluding hydrogens is 318 g/mol. The van der Waals surface area contributed by atoms with Crippen molar-refractivity contribution in [2.24, 2.45) is 0 Å². The van der Waals surface area contributed by atoms with Crippen LogP contribution in [-0.2, 0) is 21.5 Å². The highest BCUT2D eigenvalue weighted by Crippen LogP contribution is 2.32. The van der Waals surface area contributed by atoms with Crippen LogP contribution in [0.5, 0.6) is 5.75 Å². The van der Waals surface area contributed by atoms with Crippen molar-refractivity contribution in [2.75, 3.05) is 33.0 Å². The van der Waals surface area contributed by atoms with E-state index in [1.807, 2.05) is 0 Å². The van der Waals surface area contributed by atoms with Gasteiger partial charge in [0.1, 0.15) is 18.1 Å². The molecule has 0 aliphatic carbocycles. The Morgan fingerprint density at radius 3 is 2.72 bits per heavy atom. The maximum Gasteiger partial charge on any atom is 0.149 e. The first kappa shape index (κ1) is 19.9. The van der Waals surface area contributed by atoms with E-state index in [9.17, 15) is 4.79 Å². The summed E-state index contributed by atoms with van der Waals surface area (Å²) in [5, 5.41) is 9.11. The summed E-state index contributed by atoms with van der Waals surface area (Å²) in [4.78, 5) is 14.1. The summed E-state index contributed by atoms with van der Waals surface area (Å²) in [6, 6.07) is 4.03. The number of hydrogen-bond donors (Lipinski definition) is 1. The molecule has 0 spiro atoms. The smallest absolute Gasteiger partial charge is 0.149 e. The van der Waals surface area contributed by atoms with Crippen molar-refractivity contribution < 1.29 is 19.4 Å². The molecule has 1 aromatic rings. The molecule has 140 valence electrons. The van der Waals surface area contributed by atoms with Crippen molar-refractivity contribution in [1.82, 2.24) is 4.90 Å². The third-order valence-corrected chi connectivity index (χ3v) is 4.65. The van der Waals surface area contributed by atoms with Crippen molar-refractivity contribution in [1.29, 1.82) is 0 Å². The number of carbonyl (C=O) groups is 1. The highest BCUT2D eigenvalue weighted by molar-refractivity contribution is 5.81. The van der Waals surface area contributed by atoms with E-state index in [0.29, 0.717) is 19.8 Å². The van der Waals surface area contributed by atoms with E-state index in [1.54, 1.807) is 6.92 Å². The van der Waals surface area contributed by atoms with Crippen molar-refractivity contribution in [3.05, 3.63) is 28.8 Å². The Morgan fingerprint density at radius 1 is 1.40 bits per heavy atom. The second-order valence-electron chi connectivity index (χ2n) is 7.77. The molecule has 2 rings (SSSR count). The lowest BCUT2D eigenvalue weighted by Crippen LogP contribution is -2.48. The van der Waals surface area contributed by atoms with Gasteiger partial charge in [-0.25, -0.2) is 0 Å². The Kier molecular flexibility index (Phi) is 6.60. The Labute approximate surface area is 150 Å². The molecule has 0 saturated carbocycles. The average molecular weight is 349 g/mol. The standard InChI is InChI=1S/C20H31NO4/c1-14-10-19(25-9-7-22)16(11-17(14)20(3,4)5)12-21-6-8-24-13-18(21)15(2)23/h10-11,18,22H,6-9,12-13H2,1-5H3/t18-/m0/s1. The zero-order valence-electron chi connectivity index (χ0n) is 16.1. The van der Waals surface area contributed by atoms with Gasteiger partial charge in [-0.05, 0) is 36.5 Å². The number of morpholine rings is 1. The van der Waals surface area contributed by atoms with Crippen LogP contribution >= 0.6 is 0 Å². The molecule has 0 bridgehead atoms. The number of aliphatic hydroxyl groups excluding tert-OH is 1. The summed E-state index contributed by atoms with van der Waals surface area (Å²) >= 11 is 0. The Balaban J connectivity index is 2.36. The van der Waals surface area contributed by atoms with Crippen LogP contribution in [0, 0.1) is 6.92 Å². The van der Waals surface area contributed by atoms with Crippen molar-refractivity contribution in [3.63, 3.8) is 0 Å². The summed E-state index contributed by atoms with van der Waals surface area (Å²) in [5.74, 6) is 0.911. The molecule has 0 unspecified atom stereocenters. The van der Waals surface area contributed by atoms with E-state index in [1.165, 1.54) is 11.1 Å². The molecule has 0 aromatic heterocycles. The Hall–Kier alpha value is -1.43. The average Bonchev–Trinajstić information content (AvgIpc) is 2.53. The van der Waals surface area contributed by atoms with Crippen LogP contribution in [0.1, 0.15) is 44.4 Å². The molecule has 1 aliphatic heterocycles. The number of Topliss-reactive ketones (excluding diaryl/α,β-unsaturated/α-hetero) is 1. The lowest BCUT2D eigenvalue weighted by Gasteiger charge is -2.35. The fourth-order valence-electron chi connectivity index (χ4n) is 3.37. The fourth-order valence-corrected chi connectivity index (χ4v) is 3.37. The van der Waals surface area contributed by atoms with E-state index in [4.69, 9.17) is 14.6 Å². The van der Waals surface area contributed by atoms with Gasteiger partial charge >= 0.3 is 0 Å². The third kappa shape index (κ3) is 5.03. The minimum absolute atomic E-state index is 0.0207. The summed E-state index contributed by atoms with van der Waals surface area (Å²) in [6.45, 7) is 13.0. The van der Waals surface area contributed by atoms with Gasteiger partial charge in [0.25, 0.3) is 0 Å². The van der Waals surface area contributed by atoms with Gasteiger partial charge in [0.2, 0.25) is 0 Å². The SMILES string of the molecule is CC(=O)[C@@H]1COCCN1Cc1cc(C(C)(C)C)c(C)cc1OCCO. The van der Waals surface area contributed by atoms with Gasteiger partial charge in [-0.2, -0.15) is 0 Å².